The fraction of sp³-hybridized carbons (Fsp3) is 0.333. The maximum Gasteiger partial charge on any atom is 0.295 e. The molecular weight excluding hydrogens is 536 g/mol. The van der Waals surface area contributed by atoms with Gasteiger partial charge in [-0.3, -0.25) is 9.59 Å². The number of ether oxygens (including phenoxy) is 4. The maximum atomic E-state index is 13.5. The summed E-state index contributed by atoms with van der Waals surface area (Å²) in [4.78, 5) is 30.4. The Labute approximate surface area is 246 Å². The zero-order chi connectivity index (χ0) is 30.4. The zero-order valence-corrected chi connectivity index (χ0v) is 25.0. The van der Waals surface area contributed by atoms with Crippen LogP contribution in [-0.4, -0.2) is 75.1 Å². The number of Topliss-reactive ketones (excluding diaryl/α,β-unsaturated/α-hetero) is 1. The molecule has 1 aliphatic rings. The summed E-state index contributed by atoms with van der Waals surface area (Å²) in [5.41, 5.74) is 2.76. The molecule has 222 valence electrons. The van der Waals surface area contributed by atoms with E-state index in [1.54, 1.807) is 30.3 Å². The molecule has 3 aromatic carbocycles. The normalized spacial score (nSPS) is 16.2. The number of nitrogens with zero attached hydrogens (tertiary/aromatic N) is 2. The van der Waals surface area contributed by atoms with Crippen LogP contribution in [0.5, 0.6) is 23.0 Å². The number of amides is 1. The van der Waals surface area contributed by atoms with Crippen molar-refractivity contribution >= 4 is 17.4 Å². The molecule has 4 rings (SSSR count). The van der Waals surface area contributed by atoms with Crippen LogP contribution in [0.25, 0.3) is 5.76 Å². The smallest absolute Gasteiger partial charge is 0.295 e. The van der Waals surface area contributed by atoms with Crippen LogP contribution in [0.2, 0.25) is 0 Å². The van der Waals surface area contributed by atoms with Gasteiger partial charge >= 0.3 is 0 Å². The molecule has 1 N–H and O–H groups in total. The second-order valence-electron chi connectivity index (χ2n) is 10.4. The minimum atomic E-state index is -0.866. The minimum absolute atomic E-state index is 0.00326. The number of rotatable bonds is 12. The van der Waals surface area contributed by atoms with Crippen molar-refractivity contribution in [2.75, 3.05) is 48.5 Å². The topological polar surface area (TPSA) is 97.8 Å². The Morgan fingerprint density at radius 1 is 0.905 bits per heavy atom. The van der Waals surface area contributed by atoms with E-state index >= 15 is 0 Å². The van der Waals surface area contributed by atoms with Gasteiger partial charge < -0.3 is 33.9 Å². The van der Waals surface area contributed by atoms with E-state index in [4.69, 9.17) is 18.9 Å². The van der Waals surface area contributed by atoms with Crippen LogP contribution in [0.1, 0.15) is 34.7 Å². The first-order chi connectivity index (χ1) is 20.2. The monoisotopic (exact) mass is 574 g/mol. The third-order valence-electron chi connectivity index (χ3n) is 7.23. The fourth-order valence-electron chi connectivity index (χ4n) is 5.12. The predicted octanol–water partition coefficient (Wildman–Crippen LogP) is 4.97. The van der Waals surface area contributed by atoms with Crippen molar-refractivity contribution in [3.63, 3.8) is 0 Å². The first kappa shape index (κ1) is 30.5. The van der Waals surface area contributed by atoms with Crippen molar-refractivity contribution in [1.29, 1.82) is 0 Å². The Balaban J connectivity index is 1.77. The third kappa shape index (κ3) is 6.36. The van der Waals surface area contributed by atoms with Gasteiger partial charge in [0.25, 0.3) is 11.7 Å². The highest BCUT2D eigenvalue weighted by atomic mass is 16.5. The number of aliphatic hydroxyl groups excluding tert-OH is 1. The van der Waals surface area contributed by atoms with E-state index in [1.807, 2.05) is 56.3 Å². The number of aliphatic hydroxyl groups is 1. The summed E-state index contributed by atoms with van der Waals surface area (Å²) < 4.78 is 22.6. The molecular formula is C33H38N2O7. The molecule has 9 nitrogen and oxygen atoms in total. The number of carbonyl (C=O) groups is 2. The van der Waals surface area contributed by atoms with E-state index in [-0.39, 0.29) is 11.3 Å². The Morgan fingerprint density at radius 3 is 2.14 bits per heavy atom. The SMILES string of the molecule is COc1cc([C@H]2/C(=C(\O)c3ccc(OCc4ccccc4)c(C)c3)C(=O)C(=O)N2CCCN(C)C)cc(OC)c1OC. The molecule has 1 heterocycles. The highest BCUT2D eigenvalue weighted by Crippen LogP contribution is 2.46. The molecule has 0 spiro atoms. The van der Waals surface area contributed by atoms with Gasteiger partial charge in [-0.2, -0.15) is 0 Å². The van der Waals surface area contributed by atoms with Crippen LogP contribution in [-0.2, 0) is 16.2 Å². The highest BCUT2D eigenvalue weighted by molar-refractivity contribution is 6.46. The quantitative estimate of drug-likeness (QED) is 0.184. The van der Waals surface area contributed by atoms with Gasteiger partial charge in [0.15, 0.2) is 11.5 Å². The van der Waals surface area contributed by atoms with Crippen molar-refractivity contribution in [2.45, 2.75) is 26.0 Å². The van der Waals surface area contributed by atoms with Crippen LogP contribution in [0.3, 0.4) is 0 Å². The maximum absolute atomic E-state index is 13.5. The number of hydrogen-bond acceptors (Lipinski definition) is 8. The lowest BCUT2D eigenvalue weighted by molar-refractivity contribution is -0.139. The average molecular weight is 575 g/mol. The Bertz CT molecular complexity index is 1440. The highest BCUT2D eigenvalue weighted by Gasteiger charge is 2.46. The minimum Gasteiger partial charge on any atom is -0.507 e. The predicted molar refractivity (Wildman–Crippen MR) is 160 cm³/mol. The van der Waals surface area contributed by atoms with Gasteiger partial charge in [-0.25, -0.2) is 0 Å². The summed E-state index contributed by atoms with van der Waals surface area (Å²) in [6.45, 7) is 3.29. The van der Waals surface area contributed by atoms with Crippen LogP contribution in [0, 0.1) is 6.92 Å². The summed E-state index contributed by atoms with van der Waals surface area (Å²) in [5.74, 6) is 0.102. The fourth-order valence-corrected chi connectivity index (χ4v) is 5.12. The van der Waals surface area contributed by atoms with Crippen LogP contribution < -0.4 is 18.9 Å². The van der Waals surface area contributed by atoms with E-state index in [1.165, 1.54) is 26.2 Å². The molecule has 1 fully saturated rings. The van der Waals surface area contributed by atoms with Gasteiger partial charge in [0.05, 0.1) is 32.9 Å². The molecule has 0 unspecified atom stereocenters. The van der Waals surface area contributed by atoms with Gasteiger partial charge in [0.2, 0.25) is 5.75 Å². The van der Waals surface area contributed by atoms with Crippen LogP contribution in [0.15, 0.2) is 66.2 Å². The number of benzene rings is 3. The largest absolute Gasteiger partial charge is 0.507 e. The van der Waals surface area contributed by atoms with E-state index < -0.39 is 17.7 Å². The van der Waals surface area contributed by atoms with Crippen molar-refractivity contribution < 1.29 is 33.6 Å². The number of ketones is 1. The van der Waals surface area contributed by atoms with Crippen LogP contribution in [0.4, 0.5) is 0 Å². The molecule has 0 bridgehead atoms. The van der Waals surface area contributed by atoms with E-state index in [0.29, 0.717) is 60.2 Å². The number of methoxy groups -OCH3 is 3. The van der Waals surface area contributed by atoms with Gasteiger partial charge in [-0.05, 0) is 81.0 Å². The molecule has 1 saturated heterocycles. The lowest BCUT2D eigenvalue weighted by atomic mass is 9.94. The second kappa shape index (κ2) is 13.4. The number of aryl methyl sites for hydroxylation is 1. The Hall–Kier alpha value is -4.50. The number of likely N-dealkylation sites (tertiary alicyclic amines) is 1. The molecule has 1 atom stereocenters. The number of carbonyl (C=O) groups excluding carboxylic acids is 2. The Kier molecular flexibility index (Phi) is 9.75. The van der Waals surface area contributed by atoms with E-state index in [0.717, 1.165) is 11.1 Å². The lowest BCUT2D eigenvalue weighted by Crippen LogP contribution is -2.32. The summed E-state index contributed by atoms with van der Waals surface area (Å²) >= 11 is 0. The van der Waals surface area contributed by atoms with E-state index in [9.17, 15) is 14.7 Å². The van der Waals surface area contributed by atoms with Crippen molar-refractivity contribution in [1.82, 2.24) is 9.80 Å². The van der Waals surface area contributed by atoms with Gasteiger partial charge in [0, 0.05) is 12.1 Å². The van der Waals surface area contributed by atoms with Gasteiger partial charge in [0.1, 0.15) is 18.1 Å². The third-order valence-corrected chi connectivity index (χ3v) is 7.23. The van der Waals surface area contributed by atoms with Crippen molar-refractivity contribution in [3.8, 4) is 23.0 Å². The summed E-state index contributed by atoms with van der Waals surface area (Å²) in [6, 6.07) is 17.6. The zero-order valence-electron chi connectivity index (χ0n) is 25.0. The van der Waals surface area contributed by atoms with Crippen LogP contribution >= 0.6 is 0 Å². The summed E-state index contributed by atoms with van der Waals surface area (Å²) in [6.07, 6.45) is 0.632. The Morgan fingerprint density at radius 2 is 1.57 bits per heavy atom. The molecule has 1 amide bonds. The molecule has 0 aliphatic carbocycles. The second-order valence-corrected chi connectivity index (χ2v) is 10.4. The summed E-state index contributed by atoms with van der Waals surface area (Å²) in [5, 5.41) is 11.6. The van der Waals surface area contributed by atoms with Gasteiger partial charge in [-0.15, -0.1) is 0 Å². The molecule has 1 aliphatic heterocycles. The average Bonchev–Trinajstić information content (AvgIpc) is 3.24. The first-order valence-corrected chi connectivity index (χ1v) is 13.7. The van der Waals surface area contributed by atoms with E-state index in [2.05, 4.69) is 0 Å². The lowest BCUT2D eigenvalue weighted by Gasteiger charge is -2.27. The molecule has 3 aromatic rings. The first-order valence-electron chi connectivity index (χ1n) is 13.7. The van der Waals surface area contributed by atoms with Crippen molar-refractivity contribution in [3.05, 3.63) is 88.5 Å². The number of hydrogen-bond donors (Lipinski definition) is 1. The molecule has 0 saturated carbocycles. The van der Waals surface area contributed by atoms with Gasteiger partial charge in [-0.1, -0.05) is 30.3 Å². The molecule has 9 heteroatoms. The molecule has 0 aromatic heterocycles. The standard InChI is InChI=1S/C33H38N2O7/c1-21-17-23(13-14-25(21)42-20-22-11-8-7-9-12-22)30(36)28-29(35(33(38)31(28)37)16-10-15-34(2)3)24-18-26(39-4)32(41-6)27(19-24)40-5/h7-9,11-14,17-19,29,36H,10,15-16,20H2,1-6H3/b30-28+/t29-/m0/s1. The molecule has 42 heavy (non-hydrogen) atoms. The molecule has 0 radical (unpaired) electrons. The summed E-state index contributed by atoms with van der Waals surface area (Å²) in [7, 11) is 8.39. The van der Waals surface area contributed by atoms with Crippen molar-refractivity contribution in [2.24, 2.45) is 0 Å².